The summed E-state index contributed by atoms with van der Waals surface area (Å²) < 4.78 is 0. The van der Waals surface area contributed by atoms with Crippen LogP contribution < -0.4 is 16.4 Å². The molecule has 0 saturated heterocycles. The third kappa shape index (κ3) is 4.83. The van der Waals surface area contributed by atoms with E-state index in [0.717, 1.165) is 0 Å². The molecule has 1 unspecified atom stereocenters. The molecule has 0 radical (unpaired) electrons. The summed E-state index contributed by atoms with van der Waals surface area (Å²) in [5, 5.41) is 6.00. The first-order valence-corrected chi connectivity index (χ1v) is 8.32. The van der Waals surface area contributed by atoms with Gasteiger partial charge in [0.2, 0.25) is 5.91 Å². The van der Waals surface area contributed by atoms with Crippen LogP contribution in [0.3, 0.4) is 0 Å². The summed E-state index contributed by atoms with van der Waals surface area (Å²) in [4.78, 5) is 24.6. The molecule has 7 heteroatoms. The Morgan fingerprint density at radius 1 is 1.26 bits per heavy atom. The number of halogens is 2. The fraction of sp³-hybridized carbons (Fsp3) is 0.500. The van der Waals surface area contributed by atoms with Crippen molar-refractivity contribution < 1.29 is 9.59 Å². The van der Waals surface area contributed by atoms with E-state index in [9.17, 15) is 9.59 Å². The number of benzene rings is 1. The number of hydrogen-bond acceptors (Lipinski definition) is 3. The van der Waals surface area contributed by atoms with Gasteiger partial charge in [-0.25, -0.2) is 0 Å². The van der Waals surface area contributed by atoms with Gasteiger partial charge < -0.3 is 16.4 Å². The molecule has 128 valence electrons. The molecular formula is C16H23Cl2N3O2. The molecule has 0 bridgehead atoms. The summed E-state index contributed by atoms with van der Waals surface area (Å²) in [5.74, 6) is -0.739. The molecule has 1 rings (SSSR count). The molecular weight excluding hydrogens is 337 g/mol. The van der Waals surface area contributed by atoms with Crippen molar-refractivity contribution in [2.24, 2.45) is 5.73 Å². The van der Waals surface area contributed by atoms with Crippen molar-refractivity contribution in [1.82, 2.24) is 10.6 Å². The van der Waals surface area contributed by atoms with Crippen LogP contribution >= 0.6 is 23.2 Å². The predicted molar refractivity (Wildman–Crippen MR) is 93.9 cm³/mol. The van der Waals surface area contributed by atoms with Crippen LogP contribution in [0.25, 0.3) is 0 Å². The number of nitrogens with two attached hydrogens (primary N) is 1. The Hall–Kier alpha value is -1.30. The number of carbonyl (C=O) groups excluding carboxylic acids is 2. The Balaban J connectivity index is 2.79. The largest absolute Gasteiger partial charge is 0.348 e. The van der Waals surface area contributed by atoms with Crippen molar-refractivity contribution in [1.29, 1.82) is 0 Å². The van der Waals surface area contributed by atoms with E-state index in [1.807, 2.05) is 13.8 Å². The number of carbonyl (C=O) groups is 2. The first-order valence-electron chi connectivity index (χ1n) is 7.57. The first kappa shape index (κ1) is 19.7. The third-order valence-corrected chi connectivity index (χ3v) is 4.89. The second-order valence-corrected chi connectivity index (χ2v) is 6.26. The number of nitrogens with one attached hydrogen (secondary N) is 2. The van der Waals surface area contributed by atoms with Gasteiger partial charge in [-0.05, 0) is 31.9 Å². The highest BCUT2D eigenvalue weighted by Gasteiger charge is 2.29. The third-order valence-electron chi connectivity index (χ3n) is 4.07. The average Bonchev–Trinajstić information content (AvgIpc) is 2.54. The van der Waals surface area contributed by atoms with Crippen LogP contribution in [0.1, 0.15) is 44.0 Å². The molecule has 0 aliphatic rings. The fourth-order valence-electron chi connectivity index (χ4n) is 2.16. The zero-order valence-corrected chi connectivity index (χ0v) is 15.1. The monoisotopic (exact) mass is 359 g/mol. The lowest BCUT2D eigenvalue weighted by Crippen LogP contribution is -2.57. The highest BCUT2D eigenvalue weighted by Crippen LogP contribution is 2.25. The van der Waals surface area contributed by atoms with Gasteiger partial charge in [0.15, 0.2) is 0 Å². The van der Waals surface area contributed by atoms with Gasteiger partial charge >= 0.3 is 0 Å². The van der Waals surface area contributed by atoms with Gasteiger partial charge in [0.1, 0.15) is 6.04 Å². The second kappa shape index (κ2) is 8.52. The number of rotatable bonds is 7. The Kier molecular flexibility index (Phi) is 7.32. The second-order valence-electron chi connectivity index (χ2n) is 5.48. The summed E-state index contributed by atoms with van der Waals surface area (Å²) in [6, 6.07) is 4.05. The molecule has 0 spiro atoms. The number of hydrogen-bond donors (Lipinski definition) is 3. The van der Waals surface area contributed by atoms with Crippen molar-refractivity contribution in [3.8, 4) is 0 Å². The molecule has 1 aromatic carbocycles. The maximum atomic E-state index is 12.3. The highest BCUT2D eigenvalue weighted by molar-refractivity contribution is 6.43. The van der Waals surface area contributed by atoms with Gasteiger partial charge in [0.25, 0.3) is 5.91 Å². The lowest BCUT2D eigenvalue weighted by Gasteiger charge is -2.32. The predicted octanol–water partition coefficient (Wildman–Crippen LogP) is 2.75. The van der Waals surface area contributed by atoms with E-state index < -0.39 is 17.5 Å². The number of amides is 2. The highest BCUT2D eigenvalue weighted by atomic mass is 35.5. The summed E-state index contributed by atoms with van der Waals surface area (Å²) in [7, 11) is 0. The summed E-state index contributed by atoms with van der Waals surface area (Å²) in [6.07, 6.45) is 1.43. The van der Waals surface area contributed by atoms with Crippen LogP contribution in [-0.4, -0.2) is 29.9 Å². The van der Waals surface area contributed by atoms with Crippen molar-refractivity contribution in [2.75, 3.05) is 6.54 Å². The quantitative estimate of drug-likeness (QED) is 0.699. The van der Waals surface area contributed by atoms with Crippen LogP contribution in [0.5, 0.6) is 0 Å². The molecule has 0 aromatic heterocycles. The normalized spacial score (nSPS) is 12.6. The minimum absolute atomic E-state index is 0.165. The van der Waals surface area contributed by atoms with E-state index in [1.165, 1.54) is 0 Å². The first-order chi connectivity index (χ1) is 10.8. The van der Waals surface area contributed by atoms with Gasteiger partial charge in [0, 0.05) is 6.54 Å². The molecule has 0 aliphatic carbocycles. The Morgan fingerprint density at radius 3 is 2.39 bits per heavy atom. The van der Waals surface area contributed by atoms with Crippen molar-refractivity contribution in [2.45, 2.75) is 45.2 Å². The fourth-order valence-corrected chi connectivity index (χ4v) is 2.54. The molecule has 2 amide bonds. The summed E-state index contributed by atoms with van der Waals surface area (Å²) in [5.41, 5.74) is 5.55. The van der Waals surface area contributed by atoms with Crippen molar-refractivity contribution in [3.63, 3.8) is 0 Å². The maximum Gasteiger partial charge on any atom is 0.253 e. The van der Waals surface area contributed by atoms with E-state index >= 15 is 0 Å². The molecule has 0 aliphatic heterocycles. The van der Waals surface area contributed by atoms with Gasteiger partial charge in [-0.2, -0.15) is 0 Å². The van der Waals surface area contributed by atoms with Crippen LogP contribution in [0.2, 0.25) is 10.0 Å². The van der Waals surface area contributed by atoms with E-state index in [2.05, 4.69) is 10.6 Å². The SMILES string of the molecule is CCC(CC)(CN)NC(=O)C(C)NC(=O)c1cccc(Cl)c1Cl. The lowest BCUT2D eigenvalue weighted by atomic mass is 9.92. The van der Waals surface area contributed by atoms with E-state index in [-0.39, 0.29) is 21.5 Å². The van der Waals surface area contributed by atoms with E-state index in [4.69, 9.17) is 28.9 Å². The van der Waals surface area contributed by atoms with Crippen LogP contribution in [0, 0.1) is 0 Å². The minimum atomic E-state index is -0.721. The van der Waals surface area contributed by atoms with Crippen molar-refractivity contribution in [3.05, 3.63) is 33.8 Å². The van der Waals surface area contributed by atoms with Crippen molar-refractivity contribution >= 4 is 35.0 Å². The molecule has 4 N–H and O–H groups in total. The molecule has 1 aromatic rings. The van der Waals surface area contributed by atoms with Crippen LogP contribution in [0.15, 0.2) is 18.2 Å². The zero-order chi connectivity index (χ0) is 17.6. The van der Waals surface area contributed by atoms with Gasteiger partial charge in [-0.1, -0.05) is 43.1 Å². The molecule has 1 atom stereocenters. The Labute approximate surface area is 146 Å². The lowest BCUT2D eigenvalue weighted by molar-refractivity contribution is -0.124. The van der Waals surface area contributed by atoms with Gasteiger partial charge in [-0.15, -0.1) is 0 Å². The van der Waals surface area contributed by atoms with Gasteiger partial charge in [0.05, 0.1) is 21.1 Å². The van der Waals surface area contributed by atoms with Crippen LogP contribution in [-0.2, 0) is 4.79 Å². The smallest absolute Gasteiger partial charge is 0.253 e. The van der Waals surface area contributed by atoms with Crippen LogP contribution in [0.4, 0.5) is 0 Å². The minimum Gasteiger partial charge on any atom is -0.348 e. The Morgan fingerprint density at radius 2 is 1.87 bits per heavy atom. The maximum absolute atomic E-state index is 12.3. The standard InChI is InChI=1S/C16H23Cl2N3O2/c1-4-16(5-2,9-19)21-14(22)10(3)20-15(23)11-7-6-8-12(17)13(11)18/h6-8,10H,4-5,9,19H2,1-3H3,(H,20,23)(H,21,22). The van der Waals surface area contributed by atoms with E-state index in [1.54, 1.807) is 25.1 Å². The van der Waals surface area contributed by atoms with E-state index in [0.29, 0.717) is 19.4 Å². The molecule has 5 nitrogen and oxygen atoms in total. The molecule has 0 fully saturated rings. The van der Waals surface area contributed by atoms with Gasteiger partial charge in [-0.3, -0.25) is 9.59 Å². The molecule has 0 saturated carbocycles. The summed E-state index contributed by atoms with van der Waals surface area (Å²) >= 11 is 11.9. The molecule has 0 heterocycles. The topological polar surface area (TPSA) is 84.2 Å². The molecule has 23 heavy (non-hydrogen) atoms. The zero-order valence-electron chi connectivity index (χ0n) is 13.6. The summed E-state index contributed by atoms with van der Waals surface area (Å²) in [6.45, 7) is 5.88. The Bertz CT molecular complexity index is 566. The average molecular weight is 360 g/mol.